The minimum atomic E-state index is -3.80. The Morgan fingerprint density at radius 3 is 2.31 bits per heavy atom. The summed E-state index contributed by atoms with van der Waals surface area (Å²) in [6, 6.07) is 26.0. The molecule has 0 fully saturated rings. The molecule has 4 rings (SSSR count). The first-order chi connectivity index (χ1) is 16.7. The summed E-state index contributed by atoms with van der Waals surface area (Å²) in [5, 5.41) is 4.77. The molecule has 0 unspecified atom stereocenters. The van der Waals surface area contributed by atoms with Gasteiger partial charge in [0.25, 0.3) is 15.9 Å². The van der Waals surface area contributed by atoms with Gasteiger partial charge in [-0.05, 0) is 48.7 Å². The first-order valence-electron chi connectivity index (χ1n) is 11.0. The monoisotopic (exact) mass is 487 g/mol. The minimum absolute atomic E-state index is 0.127. The summed E-state index contributed by atoms with van der Waals surface area (Å²) in [4.78, 5) is 27.0. The summed E-state index contributed by atoms with van der Waals surface area (Å²) >= 11 is 0. The molecule has 0 heterocycles. The van der Waals surface area contributed by atoms with E-state index in [-0.39, 0.29) is 28.6 Å². The van der Waals surface area contributed by atoms with E-state index in [9.17, 15) is 18.0 Å². The molecule has 2 amide bonds. The van der Waals surface area contributed by atoms with Crippen molar-refractivity contribution in [3.63, 3.8) is 0 Å². The zero-order chi connectivity index (χ0) is 25.0. The maximum Gasteiger partial charge on any atom is 0.261 e. The summed E-state index contributed by atoms with van der Waals surface area (Å²) in [7, 11) is -2.28. The van der Waals surface area contributed by atoms with E-state index in [4.69, 9.17) is 0 Å². The van der Waals surface area contributed by atoms with E-state index in [1.54, 1.807) is 30.3 Å². The Kier molecular flexibility index (Phi) is 6.84. The van der Waals surface area contributed by atoms with Gasteiger partial charge in [-0.2, -0.15) is 0 Å². The highest BCUT2D eigenvalue weighted by atomic mass is 32.2. The largest absolute Gasteiger partial charge is 0.332 e. The zero-order valence-corrected chi connectivity index (χ0v) is 20.2. The molecule has 0 aliphatic carbocycles. The summed E-state index contributed by atoms with van der Waals surface area (Å²) in [6.07, 6.45) is 0. The lowest BCUT2D eigenvalue weighted by Gasteiger charge is -2.18. The average molecular weight is 488 g/mol. The molecule has 8 heteroatoms. The van der Waals surface area contributed by atoms with Crippen LogP contribution in [0.4, 0.5) is 11.4 Å². The van der Waals surface area contributed by atoms with E-state index in [0.717, 1.165) is 16.3 Å². The number of carbonyl (C=O) groups is 2. The Hall–Kier alpha value is -4.17. The van der Waals surface area contributed by atoms with Crippen molar-refractivity contribution in [2.45, 2.75) is 11.8 Å². The van der Waals surface area contributed by atoms with Crippen LogP contribution >= 0.6 is 0 Å². The second kappa shape index (κ2) is 9.99. The van der Waals surface area contributed by atoms with Crippen LogP contribution in [0.2, 0.25) is 0 Å². The number of nitrogens with zero attached hydrogens (tertiary/aromatic N) is 1. The standard InChI is InChI=1S/C27H25N3O4S/c1-19-13-15-23(16-14-19)35(33,34)29-22-10-5-9-21(17-22)27(32)30(2)18-26(31)28-25-12-6-8-20-7-3-4-11-24(20)25/h3-17,29H,18H2,1-2H3,(H,28,31). The highest BCUT2D eigenvalue weighted by Crippen LogP contribution is 2.23. The molecular weight excluding hydrogens is 462 g/mol. The van der Waals surface area contributed by atoms with Crippen LogP contribution < -0.4 is 10.0 Å². The lowest BCUT2D eigenvalue weighted by atomic mass is 10.1. The summed E-state index contributed by atoms with van der Waals surface area (Å²) in [5.74, 6) is -0.747. The third-order valence-corrected chi connectivity index (χ3v) is 6.88. The fourth-order valence-electron chi connectivity index (χ4n) is 3.68. The predicted molar refractivity (Wildman–Crippen MR) is 138 cm³/mol. The van der Waals surface area contributed by atoms with Crippen LogP contribution in [0.1, 0.15) is 15.9 Å². The molecule has 0 atom stereocenters. The Balaban J connectivity index is 1.44. The maximum atomic E-state index is 12.9. The molecule has 0 bridgehead atoms. The molecular formula is C27H25N3O4S. The Morgan fingerprint density at radius 2 is 1.54 bits per heavy atom. The summed E-state index contributed by atoms with van der Waals surface area (Å²) < 4.78 is 27.9. The minimum Gasteiger partial charge on any atom is -0.332 e. The summed E-state index contributed by atoms with van der Waals surface area (Å²) in [5.41, 5.74) is 2.13. The van der Waals surface area contributed by atoms with Crippen LogP contribution in [0.25, 0.3) is 10.8 Å². The van der Waals surface area contributed by atoms with E-state index < -0.39 is 15.9 Å². The van der Waals surface area contributed by atoms with Crippen molar-refractivity contribution in [3.8, 4) is 0 Å². The third kappa shape index (κ3) is 5.67. The molecule has 4 aromatic rings. The predicted octanol–water partition coefficient (Wildman–Crippen LogP) is 4.66. The number of rotatable bonds is 7. The van der Waals surface area contributed by atoms with Gasteiger partial charge in [0.05, 0.1) is 11.4 Å². The number of nitrogens with one attached hydrogen (secondary N) is 2. The van der Waals surface area contributed by atoms with Gasteiger partial charge in [0.1, 0.15) is 0 Å². The van der Waals surface area contributed by atoms with Crippen molar-refractivity contribution in [3.05, 3.63) is 102 Å². The van der Waals surface area contributed by atoms with Gasteiger partial charge in [-0.25, -0.2) is 8.42 Å². The fourth-order valence-corrected chi connectivity index (χ4v) is 4.73. The smallest absolute Gasteiger partial charge is 0.261 e. The number of fused-ring (bicyclic) bond motifs is 1. The molecule has 0 aliphatic rings. The molecule has 178 valence electrons. The number of likely N-dealkylation sites (N-methyl/N-ethyl adjacent to an activating group) is 1. The van der Waals surface area contributed by atoms with E-state index in [0.29, 0.717) is 5.69 Å². The molecule has 0 saturated heterocycles. The number of amides is 2. The van der Waals surface area contributed by atoms with Crippen LogP contribution in [0.5, 0.6) is 0 Å². The first-order valence-corrected chi connectivity index (χ1v) is 12.4. The van der Waals surface area contributed by atoms with Gasteiger partial charge in [0.15, 0.2) is 0 Å². The molecule has 2 N–H and O–H groups in total. The third-order valence-electron chi connectivity index (χ3n) is 5.48. The highest BCUT2D eigenvalue weighted by molar-refractivity contribution is 7.92. The van der Waals surface area contributed by atoms with Crippen molar-refractivity contribution in [1.29, 1.82) is 0 Å². The number of anilines is 2. The van der Waals surface area contributed by atoms with Crippen molar-refractivity contribution >= 4 is 44.0 Å². The van der Waals surface area contributed by atoms with Crippen LogP contribution in [0.3, 0.4) is 0 Å². The number of benzene rings is 4. The number of aryl methyl sites for hydroxylation is 1. The number of carbonyl (C=O) groups excluding carboxylic acids is 2. The van der Waals surface area contributed by atoms with Gasteiger partial charge in [0.2, 0.25) is 5.91 Å². The molecule has 7 nitrogen and oxygen atoms in total. The lowest BCUT2D eigenvalue weighted by molar-refractivity contribution is -0.116. The number of hydrogen-bond donors (Lipinski definition) is 2. The van der Waals surface area contributed by atoms with E-state index in [1.807, 2.05) is 49.4 Å². The van der Waals surface area contributed by atoms with Gasteiger partial charge in [-0.1, -0.05) is 60.2 Å². The first kappa shape index (κ1) is 24.0. The van der Waals surface area contributed by atoms with Gasteiger partial charge in [0, 0.05) is 29.4 Å². The van der Waals surface area contributed by atoms with Gasteiger partial charge < -0.3 is 10.2 Å². The van der Waals surface area contributed by atoms with Crippen molar-refractivity contribution < 1.29 is 18.0 Å². The molecule has 0 radical (unpaired) electrons. The van der Waals surface area contributed by atoms with Crippen molar-refractivity contribution in [2.75, 3.05) is 23.6 Å². The molecule has 35 heavy (non-hydrogen) atoms. The number of hydrogen-bond acceptors (Lipinski definition) is 4. The normalized spacial score (nSPS) is 11.1. The quantitative estimate of drug-likeness (QED) is 0.396. The summed E-state index contributed by atoms with van der Waals surface area (Å²) in [6.45, 7) is 1.71. The molecule has 4 aromatic carbocycles. The van der Waals surface area contributed by atoms with Crippen LogP contribution in [-0.4, -0.2) is 38.7 Å². The Morgan fingerprint density at radius 1 is 0.857 bits per heavy atom. The van der Waals surface area contributed by atoms with Gasteiger partial charge in [-0.3, -0.25) is 14.3 Å². The Labute approximate surface area is 204 Å². The maximum absolute atomic E-state index is 12.9. The topological polar surface area (TPSA) is 95.6 Å². The van der Waals surface area contributed by atoms with Crippen molar-refractivity contribution in [1.82, 2.24) is 4.90 Å². The highest BCUT2D eigenvalue weighted by Gasteiger charge is 2.18. The molecule has 0 aliphatic heterocycles. The fraction of sp³-hybridized carbons (Fsp3) is 0.111. The second-order valence-electron chi connectivity index (χ2n) is 8.24. The molecule has 0 spiro atoms. The molecule has 0 aromatic heterocycles. The van der Waals surface area contributed by atoms with Crippen LogP contribution in [0, 0.1) is 6.92 Å². The van der Waals surface area contributed by atoms with Gasteiger partial charge in [-0.15, -0.1) is 0 Å². The Bertz CT molecular complexity index is 1490. The van der Waals surface area contributed by atoms with Crippen molar-refractivity contribution in [2.24, 2.45) is 0 Å². The second-order valence-corrected chi connectivity index (χ2v) is 9.92. The lowest BCUT2D eigenvalue weighted by Crippen LogP contribution is -2.35. The molecule has 0 saturated carbocycles. The van der Waals surface area contributed by atoms with E-state index in [2.05, 4.69) is 10.0 Å². The van der Waals surface area contributed by atoms with Gasteiger partial charge >= 0.3 is 0 Å². The van der Waals surface area contributed by atoms with E-state index in [1.165, 1.54) is 30.1 Å². The zero-order valence-electron chi connectivity index (χ0n) is 19.4. The SMILES string of the molecule is Cc1ccc(S(=O)(=O)Nc2cccc(C(=O)N(C)CC(=O)Nc3cccc4ccccc34)c2)cc1. The van der Waals surface area contributed by atoms with Crippen LogP contribution in [0.15, 0.2) is 95.9 Å². The number of sulfonamides is 1. The van der Waals surface area contributed by atoms with E-state index >= 15 is 0 Å². The average Bonchev–Trinajstić information content (AvgIpc) is 2.84. The van der Waals surface area contributed by atoms with Crippen LogP contribution in [-0.2, 0) is 14.8 Å².